The van der Waals surface area contributed by atoms with Crippen molar-refractivity contribution in [3.63, 3.8) is 0 Å². The molecule has 4 aliphatic heterocycles. The number of amides is 1. The van der Waals surface area contributed by atoms with Crippen LogP contribution in [0.5, 0.6) is 0 Å². The van der Waals surface area contributed by atoms with E-state index in [-0.39, 0.29) is 42.3 Å². The second-order valence-electron chi connectivity index (χ2n) is 16.4. The molecule has 0 spiro atoms. The van der Waals surface area contributed by atoms with Crippen LogP contribution in [0.2, 0.25) is 0 Å². The zero-order valence-corrected chi connectivity index (χ0v) is 31.7. The molecule has 0 bridgehead atoms. The number of carbonyl (C=O) groups excluding carboxylic acids is 3. The minimum atomic E-state index is -1.38. The third kappa shape index (κ3) is 9.37. The summed E-state index contributed by atoms with van der Waals surface area (Å²) in [5.41, 5.74) is -2.20. The molecule has 0 aromatic heterocycles. The molecule has 0 aromatic carbocycles. The van der Waals surface area contributed by atoms with E-state index in [1.807, 2.05) is 18.7 Å². The van der Waals surface area contributed by atoms with Crippen molar-refractivity contribution in [3.8, 4) is 0 Å². The molecule has 0 saturated carbocycles. The highest BCUT2D eigenvalue weighted by Crippen LogP contribution is 2.38. The molecular formula is C37H66N4O7. The number of Topliss-reactive ketones (excluding diaryl/α,β-unsaturated/α-hetero) is 1. The number of piperidine rings is 1. The van der Waals surface area contributed by atoms with Gasteiger partial charge in [0.15, 0.2) is 12.1 Å². The molecule has 0 N–H and O–H groups in total. The monoisotopic (exact) mass is 678 g/mol. The molecule has 276 valence electrons. The number of hydrogen-bond donors (Lipinski definition) is 0. The minimum Gasteiger partial charge on any atom is -0.463 e. The second-order valence-corrected chi connectivity index (χ2v) is 16.4. The summed E-state index contributed by atoms with van der Waals surface area (Å²) in [6, 6.07) is 0.261. The predicted molar refractivity (Wildman–Crippen MR) is 185 cm³/mol. The van der Waals surface area contributed by atoms with Gasteiger partial charge >= 0.3 is 5.97 Å². The molecule has 4 saturated heterocycles. The first-order valence-electron chi connectivity index (χ1n) is 18.5. The molecule has 48 heavy (non-hydrogen) atoms. The highest BCUT2D eigenvalue weighted by atomic mass is 16.7. The van der Waals surface area contributed by atoms with Gasteiger partial charge < -0.3 is 28.7 Å². The van der Waals surface area contributed by atoms with E-state index in [1.165, 1.54) is 12.8 Å². The lowest BCUT2D eigenvalue weighted by Gasteiger charge is -2.45. The van der Waals surface area contributed by atoms with Crippen LogP contribution in [0.15, 0.2) is 0 Å². The Balaban J connectivity index is 1.54. The fourth-order valence-electron chi connectivity index (χ4n) is 8.77. The van der Waals surface area contributed by atoms with Crippen molar-refractivity contribution in [3.05, 3.63) is 0 Å². The van der Waals surface area contributed by atoms with E-state index in [0.29, 0.717) is 38.5 Å². The van der Waals surface area contributed by atoms with Gasteiger partial charge in [-0.15, -0.1) is 0 Å². The third-order valence-corrected chi connectivity index (χ3v) is 11.8. The topological polar surface area (TPSA) is 101 Å². The maximum atomic E-state index is 14.3. The molecule has 0 aliphatic carbocycles. The van der Waals surface area contributed by atoms with Crippen LogP contribution >= 0.6 is 0 Å². The van der Waals surface area contributed by atoms with Gasteiger partial charge in [-0.1, -0.05) is 13.8 Å². The van der Waals surface area contributed by atoms with Gasteiger partial charge in [-0.3, -0.25) is 24.2 Å². The second kappa shape index (κ2) is 16.6. The van der Waals surface area contributed by atoms with Crippen LogP contribution < -0.4 is 0 Å². The Hall–Kier alpha value is -1.63. The van der Waals surface area contributed by atoms with E-state index in [1.54, 1.807) is 21.0 Å². The zero-order valence-electron chi connectivity index (χ0n) is 31.7. The van der Waals surface area contributed by atoms with E-state index in [0.717, 1.165) is 38.9 Å². The quantitative estimate of drug-likeness (QED) is 0.293. The van der Waals surface area contributed by atoms with E-state index >= 15 is 0 Å². The van der Waals surface area contributed by atoms with Crippen molar-refractivity contribution < 1.29 is 33.3 Å². The number of carbonyl (C=O) groups is 3. The van der Waals surface area contributed by atoms with E-state index in [4.69, 9.17) is 18.9 Å². The SMILES string of the molecule is CO[C@]1(C)C[C@@H](C)CN(C)C(C2CCN(C(=O)CN3CCCC3)CC2)COC(=O)C(C)(C)C(=O)[C@H](C)[C@H]1O[C@H]1C[C@@H](N(C)C)C[C@@H](C)O1. The Bertz CT molecular complexity index is 1090. The van der Waals surface area contributed by atoms with Gasteiger partial charge in [0, 0.05) is 51.2 Å². The first kappa shape index (κ1) is 39.2. The lowest BCUT2D eigenvalue weighted by molar-refractivity contribution is -0.263. The summed E-state index contributed by atoms with van der Waals surface area (Å²) in [7, 11) is 7.94. The van der Waals surface area contributed by atoms with Gasteiger partial charge in [0.25, 0.3) is 0 Å². The smallest absolute Gasteiger partial charge is 0.319 e. The summed E-state index contributed by atoms with van der Waals surface area (Å²) >= 11 is 0. The van der Waals surface area contributed by atoms with Crippen molar-refractivity contribution in [1.29, 1.82) is 0 Å². The number of nitrogens with zero attached hydrogens (tertiary/aromatic N) is 4. The summed E-state index contributed by atoms with van der Waals surface area (Å²) in [5.74, 6) is -0.738. The molecule has 1 amide bonds. The highest BCUT2D eigenvalue weighted by molar-refractivity contribution is 6.04. The third-order valence-electron chi connectivity index (χ3n) is 11.8. The normalized spacial score (nSPS) is 37.1. The van der Waals surface area contributed by atoms with Gasteiger partial charge in [0.2, 0.25) is 5.91 Å². The summed E-state index contributed by atoms with van der Waals surface area (Å²) in [4.78, 5) is 49.9. The van der Waals surface area contributed by atoms with Gasteiger partial charge in [0.05, 0.1) is 24.4 Å². The number of likely N-dealkylation sites (N-methyl/N-ethyl adjacent to an activating group) is 1. The van der Waals surface area contributed by atoms with Gasteiger partial charge in [-0.2, -0.15) is 0 Å². The largest absolute Gasteiger partial charge is 0.463 e. The number of esters is 1. The number of cyclic esters (lactones) is 1. The number of rotatable bonds is 7. The number of ether oxygens (including phenoxy) is 4. The molecule has 0 radical (unpaired) electrons. The van der Waals surface area contributed by atoms with Gasteiger partial charge in [-0.05, 0) is 112 Å². The van der Waals surface area contributed by atoms with Crippen LogP contribution in [0.25, 0.3) is 0 Å². The Kier molecular flexibility index (Phi) is 13.5. The summed E-state index contributed by atoms with van der Waals surface area (Å²) in [6.45, 7) is 16.4. The average molecular weight is 679 g/mol. The first-order valence-corrected chi connectivity index (χ1v) is 18.5. The summed E-state index contributed by atoms with van der Waals surface area (Å²) in [6.07, 6.45) is 5.15. The molecule has 4 fully saturated rings. The number of likely N-dealkylation sites (tertiary alicyclic amines) is 2. The van der Waals surface area contributed by atoms with Crippen molar-refractivity contribution >= 4 is 17.7 Å². The fourth-order valence-corrected chi connectivity index (χ4v) is 8.77. The predicted octanol–water partition coefficient (Wildman–Crippen LogP) is 3.68. The number of ketones is 1. The van der Waals surface area contributed by atoms with Crippen molar-refractivity contribution in [2.24, 2.45) is 23.2 Å². The number of hydrogen-bond acceptors (Lipinski definition) is 10. The Morgan fingerprint density at radius 2 is 1.65 bits per heavy atom. The summed E-state index contributed by atoms with van der Waals surface area (Å²) < 4.78 is 25.4. The van der Waals surface area contributed by atoms with Crippen LogP contribution in [0.4, 0.5) is 0 Å². The lowest BCUT2D eigenvalue weighted by Crippen LogP contribution is -2.55. The summed E-state index contributed by atoms with van der Waals surface area (Å²) in [5, 5.41) is 0. The van der Waals surface area contributed by atoms with Crippen molar-refractivity contribution in [1.82, 2.24) is 19.6 Å². The van der Waals surface area contributed by atoms with Gasteiger partial charge in [-0.25, -0.2) is 0 Å². The molecule has 4 heterocycles. The lowest BCUT2D eigenvalue weighted by atomic mass is 9.74. The van der Waals surface area contributed by atoms with Gasteiger partial charge in [0.1, 0.15) is 12.0 Å². The Morgan fingerprint density at radius 1 is 1.00 bits per heavy atom. The van der Waals surface area contributed by atoms with E-state index in [9.17, 15) is 14.4 Å². The fraction of sp³-hybridized carbons (Fsp3) is 0.919. The first-order chi connectivity index (χ1) is 22.5. The minimum absolute atomic E-state index is 0.0108. The highest BCUT2D eigenvalue weighted by Gasteiger charge is 2.50. The van der Waals surface area contributed by atoms with Crippen molar-refractivity contribution in [2.45, 2.75) is 123 Å². The van der Waals surface area contributed by atoms with Crippen LogP contribution in [-0.2, 0) is 33.3 Å². The maximum Gasteiger partial charge on any atom is 0.319 e. The molecule has 0 aromatic rings. The molecule has 8 atom stereocenters. The van der Waals surface area contributed by atoms with Crippen molar-refractivity contribution in [2.75, 3.05) is 74.1 Å². The molecule has 4 aliphatic rings. The molecule has 4 rings (SSSR count). The number of methoxy groups -OCH3 is 1. The average Bonchev–Trinajstić information content (AvgIpc) is 3.55. The van der Waals surface area contributed by atoms with Crippen LogP contribution in [0.3, 0.4) is 0 Å². The molecule has 11 heteroatoms. The van der Waals surface area contributed by atoms with E-state index < -0.39 is 35.3 Å². The zero-order chi connectivity index (χ0) is 35.4. The standard InChI is InChI=1S/C37H66N4O7/c1-25-21-37(6,45-10)34(48-32-20-29(38(7)8)19-26(2)47-32)27(3)33(43)36(4,5)35(44)46-24-30(39(9)22-25)28-13-17-41(18-14-28)31(42)23-40-15-11-12-16-40/h25-30,32,34H,11-24H2,1-10H3/t25-,26-,27+,29+,30?,32+,34-,37-/m1/s1. The molecule has 11 nitrogen and oxygen atoms in total. The Labute approximate surface area is 290 Å². The Morgan fingerprint density at radius 3 is 2.25 bits per heavy atom. The van der Waals surface area contributed by atoms with E-state index in [2.05, 4.69) is 49.7 Å². The molecular weight excluding hydrogens is 612 g/mol. The maximum absolute atomic E-state index is 14.3. The van der Waals surface area contributed by atoms with Crippen LogP contribution in [0.1, 0.15) is 86.5 Å². The van der Waals surface area contributed by atoms with Crippen LogP contribution in [-0.4, -0.2) is 148 Å². The molecule has 1 unspecified atom stereocenters. The van der Waals surface area contributed by atoms with Crippen LogP contribution in [0, 0.1) is 23.2 Å².